The van der Waals surface area contributed by atoms with Gasteiger partial charge in [-0.05, 0) is 30.4 Å². The summed E-state index contributed by atoms with van der Waals surface area (Å²) < 4.78 is 0. The first-order valence-corrected chi connectivity index (χ1v) is 6.23. The number of aryl methyl sites for hydroxylation is 1. The number of para-hydroxylation sites is 1. The highest BCUT2D eigenvalue weighted by molar-refractivity contribution is 5.95. The molecule has 0 saturated heterocycles. The van der Waals surface area contributed by atoms with Crippen LogP contribution in [0.4, 0.5) is 5.69 Å². The van der Waals surface area contributed by atoms with E-state index in [1.807, 2.05) is 13.8 Å². The number of nitrogen functional groups attached to an aromatic ring is 1. The zero-order chi connectivity index (χ0) is 13.5. The molecule has 2 rings (SSSR count). The predicted molar refractivity (Wildman–Crippen MR) is 77.7 cm³/mol. The summed E-state index contributed by atoms with van der Waals surface area (Å²) in [6.07, 6.45) is 0. The van der Waals surface area contributed by atoms with Gasteiger partial charge in [0.2, 0.25) is 0 Å². The molecule has 0 bridgehead atoms. The van der Waals surface area contributed by atoms with Gasteiger partial charge >= 0.3 is 0 Å². The molecule has 0 aliphatic carbocycles. The van der Waals surface area contributed by atoms with Gasteiger partial charge in [0.15, 0.2) is 0 Å². The molecule has 0 amide bonds. The van der Waals surface area contributed by atoms with E-state index in [9.17, 15) is 0 Å². The molecule has 1 aromatic carbocycles. The second-order valence-corrected chi connectivity index (χ2v) is 5.79. The Hall–Kier alpha value is -1.61. The molecular weight excluding hydrogens is 222 g/mol. The predicted octanol–water partition coefficient (Wildman–Crippen LogP) is 3.43. The number of nitrogens with one attached hydrogen (secondary N) is 1. The Labute approximate surface area is 108 Å². The Morgan fingerprint density at radius 1 is 1.17 bits per heavy atom. The molecule has 0 radical (unpaired) electrons. The molecule has 3 heteroatoms. The fourth-order valence-electron chi connectivity index (χ4n) is 2.29. The van der Waals surface area contributed by atoms with Crippen LogP contribution in [0.1, 0.15) is 37.6 Å². The summed E-state index contributed by atoms with van der Waals surface area (Å²) in [7, 11) is 0. The molecule has 0 unspecified atom stereocenters. The van der Waals surface area contributed by atoms with Crippen molar-refractivity contribution in [2.75, 3.05) is 5.43 Å². The number of pyridine rings is 1. The minimum absolute atomic E-state index is 0.0695. The van der Waals surface area contributed by atoms with Gasteiger partial charge in [-0.15, -0.1) is 0 Å². The number of hydrogen-bond acceptors (Lipinski definition) is 3. The molecule has 1 aromatic heterocycles. The van der Waals surface area contributed by atoms with E-state index >= 15 is 0 Å². The topological polar surface area (TPSA) is 50.9 Å². The molecule has 3 N–H and O–H groups in total. The molecule has 0 spiro atoms. The Bertz CT molecular complexity index is 595. The van der Waals surface area contributed by atoms with Crippen molar-refractivity contribution in [1.29, 1.82) is 0 Å². The van der Waals surface area contributed by atoms with Crippen LogP contribution in [0.2, 0.25) is 0 Å². The van der Waals surface area contributed by atoms with Gasteiger partial charge in [-0.2, -0.15) is 0 Å². The molecule has 2 aromatic rings. The van der Waals surface area contributed by atoms with E-state index < -0.39 is 0 Å². The van der Waals surface area contributed by atoms with Crippen LogP contribution in [0.25, 0.3) is 10.9 Å². The van der Waals surface area contributed by atoms with Crippen molar-refractivity contribution in [3.05, 3.63) is 35.0 Å². The highest BCUT2D eigenvalue weighted by Crippen LogP contribution is 2.34. The average Bonchev–Trinajstić information content (AvgIpc) is 2.29. The highest BCUT2D eigenvalue weighted by atomic mass is 15.2. The second kappa shape index (κ2) is 4.25. The first-order valence-electron chi connectivity index (χ1n) is 6.23. The van der Waals surface area contributed by atoms with E-state index in [-0.39, 0.29) is 5.41 Å². The first kappa shape index (κ1) is 12.8. The molecule has 0 atom stereocenters. The number of anilines is 1. The molecule has 0 aliphatic rings. The highest BCUT2D eigenvalue weighted by Gasteiger charge is 2.19. The molecular formula is C15H21N3. The maximum absolute atomic E-state index is 5.67. The lowest BCUT2D eigenvalue weighted by Crippen LogP contribution is -2.15. The van der Waals surface area contributed by atoms with Gasteiger partial charge in [-0.3, -0.25) is 10.8 Å². The SMILES string of the molecule is Cc1nc2c(C(C)(C)C)cccc2c(NN)c1C. The number of rotatable bonds is 1. The van der Waals surface area contributed by atoms with Gasteiger partial charge in [0, 0.05) is 11.1 Å². The van der Waals surface area contributed by atoms with E-state index in [1.165, 1.54) is 5.56 Å². The van der Waals surface area contributed by atoms with Crippen LogP contribution in [0.15, 0.2) is 18.2 Å². The third-order valence-corrected chi connectivity index (χ3v) is 3.45. The number of aromatic nitrogens is 1. The summed E-state index contributed by atoms with van der Waals surface area (Å²) in [6.45, 7) is 10.7. The molecule has 96 valence electrons. The summed E-state index contributed by atoms with van der Waals surface area (Å²) in [5.41, 5.74) is 8.28. The van der Waals surface area contributed by atoms with E-state index in [2.05, 4.69) is 44.4 Å². The molecule has 0 saturated carbocycles. The second-order valence-electron chi connectivity index (χ2n) is 5.79. The standard InChI is InChI=1S/C15H21N3/c1-9-10(2)17-14-11(13(9)18-16)7-6-8-12(14)15(3,4)5/h6-8H,16H2,1-5H3,(H,17,18). The van der Waals surface area contributed by atoms with Gasteiger partial charge in [0.1, 0.15) is 0 Å². The van der Waals surface area contributed by atoms with Gasteiger partial charge in [0.05, 0.1) is 11.2 Å². The van der Waals surface area contributed by atoms with Crippen LogP contribution in [-0.4, -0.2) is 4.98 Å². The van der Waals surface area contributed by atoms with E-state index in [0.717, 1.165) is 27.8 Å². The fraction of sp³-hybridized carbons (Fsp3) is 0.400. The summed E-state index contributed by atoms with van der Waals surface area (Å²) in [6, 6.07) is 6.28. The molecule has 3 nitrogen and oxygen atoms in total. The molecule has 18 heavy (non-hydrogen) atoms. The maximum atomic E-state index is 5.67. The third kappa shape index (κ3) is 1.95. The summed E-state index contributed by atoms with van der Waals surface area (Å²) >= 11 is 0. The Kier molecular flexibility index (Phi) is 3.03. The smallest absolute Gasteiger partial charge is 0.0763 e. The number of nitrogens with zero attached hydrogens (tertiary/aromatic N) is 1. The maximum Gasteiger partial charge on any atom is 0.0763 e. The van der Waals surface area contributed by atoms with Crippen molar-refractivity contribution in [1.82, 2.24) is 4.98 Å². The zero-order valence-electron chi connectivity index (χ0n) is 11.8. The van der Waals surface area contributed by atoms with Crippen LogP contribution in [0.5, 0.6) is 0 Å². The lowest BCUT2D eigenvalue weighted by atomic mass is 9.85. The van der Waals surface area contributed by atoms with Gasteiger partial charge in [0.25, 0.3) is 0 Å². The summed E-state index contributed by atoms with van der Waals surface area (Å²) in [5, 5.41) is 1.09. The normalized spacial score (nSPS) is 11.9. The minimum Gasteiger partial charge on any atom is -0.323 e. The van der Waals surface area contributed by atoms with Crippen molar-refractivity contribution in [2.24, 2.45) is 5.84 Å². The van der Waals surface area contributed by atoms with Crippen LogP contribution in [0.3, 0.4) is 0 Å². The van der Waals surface area contributed by atoms with E-state index in [1.54, 1.807) is 0 Å². The van der Waals surface area contributed by atoms with Gasteiger partial charge in [-0.25, -0.2) is 0 Å². The first-order chi connectivity index (χ1) is 8.36. The van der Waals surface area contributed by atoms with Crippen LogP contribution in [0, 0.1) is 13.8 Å². The lowest BCUT2D eigenvalue weighted by molar-refractivity contribution is 0.594. The fourth-order valence-corrected chi connectivity index (χ4v) is 2.29. The van der Waals surface area contributed by atoms with Crippen LogP contribution in [-0.2, 0) is 5.41 Å². The minimum atomic E-state index is 0.0695. The van der Waals surface area contributed by atoms with Gasteiger partial charge in [-0.1, -0.05) is 39.0 Å². The van der Waals surface area contributed by atoms with Crippen molar-refractivity contribution in [3.8, 4) is 0 Å². The Balaban J connectivity index is 2.91. The number of nitrogens with two attached hydrogens (primary N) is 1. The van der Waals surface area contributed by atoms with Crippen molar-refractivity contribution in [2.45, 2.75) is 40.0 Å². The van der Waals surface area contributed by atoms with Crippen molar-refractivity contribution >= 4 is 16.6 Å². The molecule has 0 fully saturated rings. The summed E-state index contributed by atoms with van der Waals surface area (Å²) in [5.74, 6) is 5.67. The number of hydrazine groups is 1. The van der Waals surface area contributed by atoms with Crippen LogP contribution < -0.4 is 11.3 Å². The Morgan fingerprint density at radius 2 is 1.83 bits per heavy atom. The van der Waals surface area contributed by atoms with Crippen LogP contribution >= 0.6 is 0 Å². The largest absolute Gasteiger partial charge is 0.323 e. The average molecular weight is 243 g/mol. The number of benzene rings is 1. The van der Waals surface area contributed by atoms with Crippen molar-refractivity contribution < 1.29 is 0 Å². The van der Waals surface area contributed by atoms with Gasteiger partial charge < -0.3 is 5.43 Å². The van der Waals surface area contributed by atoms with Crippen molar-refractivity contribution in [3.63, 3.8) is 0 Å². The number of hydrogen-bond donors (Lipinski definition) is 2. The summed E-state index contributed by atoms with van der Waals surface area (Å²) in [4.78, 5) is 4.75. The third-order valence-electron chi connectivity index (χ3n) is 3.45. The number of fused-ring (bicyclic) bond motifs is 1. The quantitative estimate of drug-likeness (QED) is 0.596. The van der Waals surface area contributed by atoms with E-state index in [4.69, 9.17) is 10.8 Å². The monoisotopic (exact) mass is 243 g/mol. The molecule has 1 heterocycles. The molecule has 0 aliphatic heterocycles. The lowest BCUT2D eigenvalue weighted by Gasteiger charge is -2.22. The van der Waals surface area contributed by atoms with E-state index in [0.29, 0.717) is 0 Å². The zero-order valence-corrected chi connectivity index (χ0v) is 11.8. The Morgan fingerprint density at radius 3 is 2.39 bits per heavy atom.